The molecule has 1 atom stereocenters. The Balaban J connectivity index is 1.74. The van der Waals surface area contributed by atoms with Gasteiger partial charge in [0.1, 0.15) is 12.0 Å². The van der Waals surface area contributed by atoms with Crippen LogP contribution < -0.4 is 10.6 Å². The number of nitro groups is 1. The molecule has 0 aliphatic carbocycles. The molecule has 2 heterocycles. The summed E-state index contributed by atoms with van der Waals surface area (Å²) in [4.78, 5) is 14.0. The minimum absolute atomic E-state index is 0.0227. The predicted octanol–water partition coefficient (Wildman–Crippen LogP) is 1.93. The Morgan fingerprint density at radius 3 is 3.00 bits per heavy atom. The first-order chi connectivity index (χ1) is 8.75. The molecule has 0 amide bonds. The molecule has 1 aromatic rings. The lowest BCUT2D eigenvalue weighted by molar-refractivity contribution is -0.385. The average Bonchev–Trinajstić information content (AvgIpc) is 2.40. The molecule has 18 heavy (non-hydrogen) atoms. The fourth-order valence-corrected chi connectivity index (χ4v) is 2.14. The van der Waals surface area contributed by atoms with Gasteiger partial charge in [-0.2, -0.15) is 0 Å². The van der Waals surface area contributed by atoms with Gasteiger partial charge in [0.05, 0.1) is 4.92 Å². The Labute approximate surface area is 106 Å². The van der Waals surface area contributed by atoms with Crippen LogP contribution in [0.4, 0.5) is 11.5 Å². The number of nitrogens with one attached hydrogen (secondary N) is 2. The van der Waals surface area contributed by atoms with E-state index in [1.165, 1.54) is 31.5 Å². The van der Waals surface area contributed by atoms with Crippen molar-refractivity contribution in [3.8, 4) is 0 Å². The van der Waals surface area contributed by atoms with Crippen LogP contribution in [-0.2, 0) is 0 Å². The van der Waals surface area contributed by atoms with Crippen molar-refractivity contribution in [2.45, 2.75) is 31.7 Å². The highest BCUT2D eigenvalue weighted by atomic mass is 16.6. The molecule has 2 rings (SSSR count). The summed E-state index contributed by atoms with van der Waals surface area (Å²) in [6.07, 6.45) is 6.14. The third-order valence-electron chi connectivity index (χ3n) is 3.17. The van der Waals surface area contributed by atoms with Crippen LogP contribution in [-0.4, -0.2) is 29.0 Å². The maximum atomic E-state index is 10.5. The van der Waals surface area contributed by atoms with Gasteiger partial charge < -0.3 is 10.6 Å². The monoisotopic (exact) mass is 250 g/mol. The third-order valence-corrected chi connectivity index (χ3v) is 3.17. The lowest BCUT2D eigenvalue weighted by atomic mass is 10.0. The highest BCUT2D eigenvalue weighted by Crippen LogP contribution is 2.13. The minimum Gasteiger partial charge on any atom is -0.370 e. The number of rotatable bonds is 5. The summed E-state index contributed by atoms with van der Waals surface area (Å²) in [5.74, 6) is 0.691. The maximum absolute atomic E-state index is 10.5. The zero-order valence-electron chi connectivity index (χ0n) is 10.3. The molecule has 0 saturated carbocycles. The summed E-state index contributed by atoms with van der Waals surface area (Å²) in [6.45, 7) is 1.95. The molecule has 1 saturated heterocycles. The van der Waals surface area contributed by atoms with E-state index in [0.29, 0.717) is 11.9 Å². The number of pyridine rings is 1. The van der Waals surface area contributed by atoms with Crippen LogP contribution in [0.2, 0.25) is 0 Å². The number of nitrogens with zero attached hydrogens (tertiary/aromatic N) is 2. The maximum Gasteiger partial charge on any atom is 0.287 e. The van der Waals surface area contributed by atoms with E-state index in [1.807, 2.05) is 0 Å². The lowest BCUT2D eigenvalue weighted by Crippen LogP contribution is -2.35. The molecular weight excluding hydrogens is 232 g/mol. The van der Waals surface area contributed by atoms with E-state index >= 15 is 0 Å². The van der Waals surface area contributed by atoms with Gasteiger partial charge >= 0.3 is 0 Å². The SMILES string of the molecule is O=[N+]([O-])c1ccc(NCCC2CCCCN2)nc1. The van der Waals surface area contributed by atoms with Crippen molar-refractivity contribution in [3.05, 3.63) is 28.4 Å². The van der Waals surface area contributed by atoms with Crippen LogP contribution in [0.15, 0.2) is 18.3 Å². The van der Waals surface area contributed by atoms with Crippen molar-refractivity contribution in [1.29, 1.82) is 0 Å². The second-order valence-corrected chi connectivity index (χ2v) is 4.52. The topological polar surface area (TPSA) is 80.1 Å². The molecule has 0 spiro atoms. The van der Waals surface area contributed by atoms with Gasteiger partial charge in [-0.05, 0) is 31.9 Å². The smallest absolute Gasteiger partial charge is 0.287 e. The van der Waals surface area contributed by atoms with Crippen molar-refractivity contribution in [1.82, 2.24) is 10.3 Å². The van der Waals surface area contributed by atoms with Gasteiger partial charge in [0, 0.05) is 18.7 Å². The van der Waals surface area contributed by atoms with Crippen molar-refractivity contribution in [3.63, 3.8) is 0 Å². The predicted molar refractivity (Wildman–Crippen MR) is 69.6 cm³/mol. The molecule has 1 aliphatic rings. The Morgan fingerprint density at radius 2 is 2.39 bits per heavy atom. The summed E-state index contributed by atoms with van der Waals surface area (Å²) in [7, 11) is 0. The van der Waals surface area contributed by atoms with E-state index in [0.717, 1.165) is 19.5 Å². The first-order valence-corrected chi connectivity index (χ1v) is 6.33. The van der Waals surface area contributed by atoms with E-state index in [1.54, 1.807) is 6.07 Å². The number of aromatic nitrogens is 1. The van der Waals surface area contributed by atoms with Gasteiger partial charge in [-0.15, -0.1) is 0 Å². The van der Waals surface area contributed by atoms with Gasteiger partial charge in [0.2, 0.25) is 0 Å². The number of anilines is 1. The average molecular weight is 250 g/mol. The first kappa shape index (κ1) is 12.8. The highest BCUT2D eigenvalue weighted by molar-refractivity contribution is 5.39. The van der Waals surface area contributed by atoms with Crippen molar-refractivity contribution < 1.29 is 4.92 Å². The summed E-state index contributed by atoms with van der Waals surface area (Å²) in [5.41, 5.74) is 0.0227. The Morgan fingerprint density at radius 1 is 1.50 bits per heavy atom. The molecule has 0 radical (unpaired) electrons. The summed E-state index contributed by atoms with van der Waals surface area (Å²) < 4.78 is 0. The van der Waals surface area contributed by atoms with E-state index in [4.69, 9.17) is 0 Å². The quantitative estimate of drug-likeness (QED) is 0.616. The van der Waals surface area contributed by atoms with Crippen molar-refractivity contribution in [2.75, 3.05) is 18.4 Å². The van der Waals surface area contributed by atoms with Crippen LogP contribution >= 0.6 is 0 Å². The molecule has 2 N–H and O–H groups in total. The van der Waals surface area contributed by atoms with E-state index in [9.17, 15) is 10.1 Å². The largest absolute Gasteiger partial charge is 0.370 e. The minimum atomic E-state index is -0.442. The van der Waals surface area contributed by atoms with E-state index in [2.05, 4.69) is 15.6 Å². The van der Waals surface area contributed by atoms with Crippen LogP contribution in [0.3, 0.4) is 0 Å². The first-order valence-electron chi connectivity index (χ1n) is 6.33. The zero-order valence-corrected chi connectivity index (χ0v) is 10.3. The van der Waals surface area contributed by atoms with Crippen LogP contribution in [0.1, 0.15) is 25.7 Å². The number of hydrogen-bond donors (Lipinski definition) is 2. The molecule has 1 aliphatic heterocycles. The van der Waals surface area contributed by atoms with Gasteiger partial charge in [-0.1, -0.05) is 6.42 Å². The molecule has 6 heteroatoms. The van der Waals surface area contributed by atoms with Crippen molar-refractivity contribution >= 4 is 11.5 Å². The fourth-order valence-electron chi connectivity index (χ4n) is 2.14. The Bertz CT molecular complexity index is 388. The van der Waals surface area contributed by atoms with Crippen LogP contribution in [0, 0.1) is 10.1 Å². The Hall–Kier alpha value is -1.69. The lowest BCUT2D eigenvalue weighted by Gasteiger charge is -2.23. The summed E-state index contributed by atoms with van der Waals surface area (Å²) in [5, 5.41) is 17.1. The molecule has 1 unspecified atom stereocenters. The van der Waals surface area contributed by atoms with Gasteiger partial charge in [-0.3, -0.25) is 10.1 Å². The molecule has 1 fully saturated rings. The summed E-state index contributed by atoms with van der Waals surface area (Å²) >= 11 is 0. The molecule has 0 bridgehead atoms. The second kappa shape index (κ2) is 6.30. The molecule has 98 valence electrons. The second-order valence-electron chi connectivity index (χ2n) is 4.52. The molecule has 0 aromatic carbocycles. The van der Waals surface area contributed by atoms with Crippen LogP contribution in [0.5, 0.6) is 0 Å². The third kappa shape index (κ3) is 3.66. The van der Waals surface area contributed by atoms with Gasteiger partial charge in [-0.25, -0.2) is 4.98 Å². The van der Waals surface area contributed by atoms with E-state index < -0.39 is 4.92 Å². The van der Waals surface area contributed by atoms with Gasteiger partial charge in [0.15, 0.2) is 0 Å². The molecule has 6 nitrogen and oxygen atoms in total. The normalized spacial score (nSPS) is 19.4. The molecule has 1 aromatic heterocycles. The zero-order chi connectivity index (χ0) is 12.8. The summed E-state index contributed by atoms with van der Waals surface area (Å²) in [6, 6.07) is 3.70. The van der Waals surface area contributed by atoms with Gasteiger partial charge in [0.25, 0.3) is 5.69 Å². The van der Waals surface area contributed by atoms with Crippen LogP contribution in [0.25, 0.3) is 0 Å². The fraction of sp³-hybridized carbons (Fsp3) is 0.583. The van der Waals surface area contributed by atoms with Crippen molar-refractivity contribution in [2.24, 2.45) is 0 Å². The number of hydrogen-bond acceptors (Lipinski definition) is 5. The number of piperidine rings is 1. The Kier molecular flexibility index (Phi) is 4.46. The standard InChI is InChI=1S/C12H18N4O2/c17-16(18)11-4-5-12(15-9-11)14-8-6-10-3-1-2-7-13-10/h4-5,9-10,13H,1-3,6-8H2,(H,14,15). The highest BCUT2D eigenvalue weighted by Gasteiger charge is 2.11. The van der Waals surface area contributed by atoms with E-state index in [-0.39, 0.29) is 5.69 Å². The molecular formula is C12H18N4O2.